The zero-order valence-electron chi connectivity index (χ0n) is 10.5. The number of hydrogen-bond acceptors (Lipinski definition) is 3. The topological polar surface area (TPSA) is 66.0 Å². The van der Waals surface area contributed by atoms with Crippen LogP contribution in [-0.2, 0) is 0 Å². The van der Waals surface area contributed by atoms with Gasteiger partial charge in [0.25, 0.3) is 5.91 Å². The van der Waals surface area contributed by atoms with Gasteiger partial charge in [-0.3, -0.25) is 4.79 Å². The van der Waals surface area contributed by atoms with Crippen LogP contribution in [0.3, 0.4) is 0 Å². The minimum Gasteiger partial charge on any atom is -0.466 e. The van der Waals surface area contributed by atoms with E-state index in [1.807, 2.05) is 0 Å². The summed E-state index contributed by atoms with van der Waals surface area (Å²) in [5.74, 6) is 0.178. The summed E-state index contributed by atoms with van der Waals surface area (Å²) in [6.07, 6.45) is 0. The van der Waals surface area contributed by atoms with Crippen LogP contribution in [0.4, 0.5) is 10.1 Å². The molecule has 0 saturated carbocycles. The number of nitrogens with one attached hydrogen (secondary N) is 1. The second kappa shape index (κ2) is 4.94. The number of nitriles is 1. The van der Waals surface area contributed by atoms with Crippen LogP contribution in [0.15, 0.2) is 28.7 Å². The number of halogens is 1. The third-order valence-corrected chi connectivity index (χ3v) is 2.63. The van der Waals surface area contributed by atoms with E-state index < -0.39 is 5.82 Å². The highest BCUT2D eigenvalue weighted by Crippen LogP contribution is 2.18. The first-order valence-corrected chi connectivity index (χ1v) is 5.59. The molecule has 1 N–H and O–H groups in total. The summed E-state index contributed by atoms with van der Waals surface area (Å²) >= 11 is 0. The number of furan rings is 1. The molecule has 19 heavy (non-hydrogen) atoms. The Hall–Kier alpha value is -2.61. The lowest BCUT2D eigenvalue weighted by atomic mass is 10.2. The maximum Gasteiger partial charge on any atom is 0.259 e. The highest BCUT2D eigenvalue weighted by molar-refractivity contribution is 6.05. The summed E-state index contributed by atoms with van der Waals surface area (Å²) in [7, 11) is 0. The number of anilines is 1. The molecule has 0 unspecified atom stereocenters. The zero-order chi connectivity index (χ0) is 14.0. The Labute approximate surface area is 109 Å². The molecule has 1 aromatic heterocycles. The fourth-order valence-electron chi connectivity index (χ4n) is 1.74. The van der Waals surface area contributed by atoms with Crippen molar-refractivity contribution >= 4 is 11.6 Å². The van der Waals surface area contributed by atoms with E-state index in [0.717, 1.165) is 6.07 Å². The molecule has 0 aliphatic heterocycles. The largest absolute Gasteiger partial charge is 0.466 e. The molecule has 0 aliphatic carbocycles. The van der Waals surface area contributed by atoms with E-state index in [9.17, 15) is 9.18 Å². The minimum absolute atomic E-state index is 0.113. The highest BCUT2D eigenvalue weighted by atomic mass is 19.1. The Kier molecular flexibility index (Phi) is 3.34. The van der Waals surface area contributed by atoms with Crippen LogP contribution in [0.2, 0.25) is 0 Å². The number of carbonyl (C=O) groups is 1. The van der Waals surface area contributed by atoms with E-state index >= 15 is 0 Å². The van der Waals surface area contributed by atoms with Crippen LogP contribution in [0.25, 0.3) is 0 Å². The molecule has 0 saturated heterocycles. The Bertz CT molecular complexity index is 683. The second-order valence-corrected chi connectivity index (χ2v) is 4.09. The van der Waals surface area contributed by atoms with Gasteiger partial charge in [-0.05, 0) is 38.1 Å². The molecule has 0 radical (unpaired) electrons. The first kappa shape index (κ1) is 12.8. The summed E-state index contributed by atoms with van der Waals surface area (Å²) in [5.41, 5.74) is 0.666. The molecule has 1 aromatic carbocycles. The number of carbonyl (C=O) groups excluding carboxylic acids is 1. The lowest BCUT2D eigenvalue weighted by Crippen LogP contribution is -2.12. The summed E-state index contributed by atoms with van der Waals surface area (Å²) in [6, 6.07) is 7.17. The third-order valence-electron chi connectivity index (χ3n) is 2.63. The highest BCUT2D eigenvalue weighted by Gasteiger charge is 2.14. The predicted molar refractivity (Wildman–Crippen MR) is 67.3 cm³/mol. The van der Waals surface area contributed by atoms with Crippen LogP contribution >= 0.6 is 0 Å². The van der Waals surface area contributed by atoms with Crippen molar-refractivity contribution in [2.75, 3.05) is 5.32 Å². The monoisotopic (exact) mass is 258 g/mol. The quantitative estimate of drug-likeness (QED) is 0.899. The number of rotatable bonds is 2. The molecule has 96 valence electrons. The van der Waals surface area contributed by atoms with Crippen LogP contribution in [0.1, 0.15) is 27.4 Å². The summed E-state index contributed by atoms with van der Waals surface area (Å²) < 4.78 is 18.4. The minimum atomic E-state index is -0.615. The normalized spacial score (nSPS) is 10.0. The molecule has 5 heteroatoms. The van der Waals surface area contributed by atoms with E-state index in [4.69, 9.17) is 9.68 Å². The Morgan fingerprint density at radius 1 is 1.37 bits per heavy atom. The lowest BCUT2D eigenvalue weighted by Gasteiger charge is -2.04. The average molecular weight is 258 g/mol. The molecule has 1 heterocycles. The summed E-state index contributed by atoms with van der Waals surface area (Å²) in [4.78, 5) is 12.0. The first-order chi connectivity index (χ1) is 9.01. The molecule has 0 bridgehead atoms. The van der Waals surface area contributed by atoms with Gasteiger partial charge in [-0.1, -0.05) is 0 Å². The molecule has 0 atom stereocenters. The van der Waals surface area contributed by atoms with Crippen LogP contribution in [0, 0.1) is 31.0 Å². The molecule has 2 aromatic rings. The van der Waals surface area contributed by atoms with Crippen molar-refractivity contribution in [3.63, 3.8) is 0 Å². The van der Waals surface area contributed by atoms with Gasteiger partial charge in [0.1, 0.15) is 23.4 Å². The van der Waals surface area contributed by atoms with Crippen LogP contribution in [-0.4, -0.2) is 5.91 Å². The van der Waals surface area contributed by atoms with E-state index in [1.54, 1.807) is 26.0 Å². The average Bonchev–Trinajstić information content (AvgIpc) is 2.71. The SMILES string of the molecule is Cc1cc(C(=O)Nc2ccc(F)c(C#N)c2)c(C)o1. The molecular formula is C14H11FN2O2. The van der Waals surface area contributed by atoms with E-state index in [2.05, 4.69) is 5.32 Å². The van der Waals surface area contributed by atoms with Crippen LogP contribution < -0.4 is 5.32 Å². The summed E-state index contributed by atoms with van der Waals surface area (Å²) in [6.45, 7) is 3.43. The molecule has 0 aliphatic rings. The van der Waals surface area contributed by atoms with Crippen LogP contribution in [0.5, 0.6) is 0 Å². The van der Waals surface area contributed by atoms with Gasteiger partial charge in [0.05, 0.1) is 11.1 Å². The van der Waals surface area contributed by atoms with Crippen molar-refractivity contribution in [3.8, 4) is 6.07 Å². The van der Waals surface area contributed by atoms with E-state index in [1.165, 1.54) is 12.1 Å². The number of amides is 1. The Morgan fingerprint density at radius 3 is 2.68 bits per heavy atom. The van der Waals surface area contributed by atoms with Crippen molar-refractivity contribution in [3.05, 3.63) is 52.7 Å². The molecule has 0 fully saturated rings. The third kappa shape index (κ3) is 2.63. The lowest BCUT2D eigenvalue weighted by molar-refractivity contribution is 0.102. The molecule has 4 nitrogen and oxygen atoms in total. The van der Waals surface area contributed by atoms with Gasteiger partial charge in [-0.25, -0.2) is 4.39 Å². The van der Waals surface area contributed by atoms with Crippen molar-refractivity contribution in [1.82, 2.24) is 0 Å². The van der Waals surface area contributed by atoms with Crippen molar-refractivity contribution < 1.29 is 13.6 Å². The molecule has 2 rings (SSSR count). The van der Waals surface area contributed by atoms with Gasteiger partial charge in [-0.15, -0.1) is 0 Å². The Morgan fingerprint density at radius 2 is 2.11 bits per heavy atom. The number of nitrogens with zero attached hydrogens (tertiary/aromatic N) is 1. The van der Waals surface area contributed by atoms with Gasteiger partial charge in [-0.2, -0.15) is 5.26 Å². The Balaban J connectivity index is 2.25. The van der Waals surface area contributed by atoms with Gasteiger partial charge in [0.2, 0.25) is 0 Å². The zero-order valence-corrected chi connectivity index (χ0v) is 10.5. The second-order valence-electron chi connectivity index (χ2n) is 4.09. The van der Waals surface area contributed by atoms with Crippen molar-refractivity contribution in [2.45, 2.75) is 13.8 Å². The number of hydrogen-bond donors (Lipinski definition) is 1. The molecule has 0 spiro atoms. The molecular weight excluding hydrogens is 247 g/mol. The maximum absolute atomic E-state index is 13.1. The van der Waals surface area contributed by atoms with Crippen molar-refractivity contribution in [1.29, 1.82) is 5.26 Å². The maximum atomic E-state index is 13.1. The number of benzene rings is 1. The van der Waals surface area contributed by atoms with Gasteiger partial charge < -0.3 is 9.73 Å². The summed E-state index contributed by atoms with van der Waals surface area (Å²) in [5, 5.41) is 11.3. The van der Waals surface area contributed by atoms with Gasteiger partial charge >= 0.3 is 0 Å². The first-order valence-electron chi connectivity index (χ1n) is 5.59. The van der Waals surface area contributed by atoms with Crippen molar-refractivity contribution in [2.24, 2.45) is 0 Å². The fraction of sp³-hybridized carbons (Fsp3) is 0.143. The van der Waals surface area contributed by atoms with Gasteiger partial charge in [0, 0.05) is 5.69 Å². The van der Waals surface area contributed by atoms with Gasteiger partial charge in [0.15, 0.2) is 0 Å². The molecule has 1 amide bonds. The fourth-order valence-corrected chi connectivity index (χ4v) is 1.74. The van der Waals surface area contributed by atoms with E-state index in [-0.39, 0.29) is 11.5 Å². The van der Waals surface area contributed by atoms with E-state index in [0.29, 0.717) is 22.8 Å². The standard InChI is InChI=1S/C14H11FN2O2/c1-8-5-12(9(2)19-8)14(18)17-11-3-4-13(15)10(6-11)7-16/h3-6H,1-2H3,(H,17,18). The predicted octanol–water partition coefficient (Wildman–Crippen LogP) is 3.16. The number of aryl methyl sites for hydroxylation is 2. The smallest absolute Gasteiger partial charge is 0.259 e.